The third kappa shape index (κ3) is 2.64. The number of rotatable bonds is 4. The molecule has 26 heavy (non-hydrogen) atoms. The van der Waals surface area contributed by atoms with E-state index in [0.717, 1.165) is 22.3 Å². The predicted octanol–water partition coefficient (Wildman–Crippen LogP) is 5.00. The van der Waals surface area contributed by atoms with Gasteiger partial charge in [-0.2, -0.15) is 0 Å². The molecule has 1 aliphatic heterocycles. The number of benzene rings is 3. The highest BCUT2D eigenvalue weighted by atomic mass is 16.6. The average Bonchev–Trinajstić information content (AvgIpc) is 3.07. The molecular formula is C24H20O2. The molecule has 1 fully saturated rings. The third-order valence-electron chi connectivity index (χ3n) is 5.16. The Balaban J connectivity index is 1.78. The Kier molecular flexibility index (Phi) is 4.18. The van der Waals surface area contributed by atoms with Gasteiger partial charge >= 0.3 is 5.97 Å². The molecule has 0 amide bonds. The van der Waals surface area contributed by atoms with Gasteiger partial charge in [0.25, 0.3) is 0 Å². The Morgan fingerprint density at radius 1 is 0.808 bits per heavy atom. The highest BCUT2D eigenvalue weighted by molar-refractivity contribution is 5.92. The molecule has 0 N–H and O–H groups in total. The number of hydrogen-bond donors (Lipinski definition) is 0. The zero-order valence-corrected chi connectivity index (χ0v) is 14.5. The summed E-state index contributed by atoms with van der Waals surface area (Å²) in [6, 6.07) is 29.7. The van der Waals surface area contributed by atoms with Crippen LogP contribution in [0.25, 0.3) is 5.57 Å². The quantitative estimate of drug-likeness (QED) is 0.625. The first kappa shape index (κ1) is 16.3. The summed E-state index contributed by atoms with van der Waals surface area (Å²) < 4.78 is 5.86. The van der Waals surface area contributed by atoms with Crippen molar-refractivity contribution >= 4 is 11.5 Å². The molecule has 0 radical (unpaired) electrons. The van der Waals surface area contributed by atoms with Gasteiger partial charge in [0.1, 0.15) is 11.5 Å². The third-order valence-corrected chi connectivity index (χ3v) is 5.16. The molecule has 1 unspecified atom stereocenters. The molecule has 0 aromatic heterocycles. The van der Waals surface area contributed by atoms with Crippen molar-refractivity contribution in [1.82, 2.24) is 0 Å². The predicted molar refractivity (Wildman–Crippen MR) is 104 cm³/mol. The van der Waals surface area contributed by atoms with Crippen molar-refractivity contribution in [2.24, 2.45) is 0 Å². The summed E-state index contributed by atoms with van der Waals surface area (Å²) in [6.07, 6.45) is 0.207. The molecule has 0 saturated carbocycles. The molecule has 3 aromatic rings. The van der Waals surface area contributed by atoms with Crippen LogP contribution in [0.5, 0.6) is 0 Å². The van der Waals surface area contributed by atoms with Crippen LogP contribution in [0.1, 0.15) is 23.1 Å². The van der Waals surface area contributed by atoms with E-state index in [2.05, 4.69) is 6.58 Å². The lowest BCUT2D eigenvalue weighted by Crippen LogP contribution is -2.33. The molecular weight excluding hydrogens is 320 g/mol. The van der Waals surface area contributed by atoms with E-state index >= 15 is 0 Å². The fraction of sp³-hybridized carbons (Fsp3) is 0.125. The highest BCUT2D eigenvalue weighted by Gasteiger charge is 2.52. The molecule has 4 rings (SSSR count). The molecule has 128 valence electrons. The van der Waals surface area contributed by atoms with E-state index in [1.165, 1.54) is 0 Å². The van der Waals surface area contributed by atoms with Crippen molar-refractivity contribution in [3.63, 3.8) is 0 Å². The lowest BCUT2D eigenvalue weighted by atomic mass is 9.71. The second-order valence-electron chi connectivity index (χ2n) is 6.63. The van der Waals surface area contributed by atoms with Crippen molar-refractivity contribution < 1.29 is 9.53 Å². The van der Waals surface area contributed by atoms with Gasteiger partial charge in [0.2, 0.25) is 0 Å². The zero-order valence-electron chi connectivity index (χ0n) is 14.5. The molecule has 1 heterocycles. The number of carbonyl (C=O) groups excluding carboxylic acids is 1. The zero-order chi connectivity index (χ0) is 18.0. The number of carbonyl (C=O) groups is 1. The molecule has 1 atom stereocenters. The molecule has 2 nitrogen and oxygen atoms in total. The maximum atomic E-state index is 13.2. The summed E-state index contributed by atoms with van der Waals surface area (Å²) in [4.78, 5) is 13.2. The Morgan fingerprint density at radius 3 is 1.77 bits per heavy atom. The maximum absolute atomic E-state index is 13.2. The van der Waals surface area contributed by atoms with E-state index in [1.807, 2.05) is 91.0 Å². The fourth-order valence-corrected chi connectivity index (χ4v) is 3.75. The van der Waals surface area contributed by atoms with Crippen LogP contribution in [0.15, 0.2) is 97.6 Å². The van der Waals surface area contributed by atoms with Gasteiger partial charge in [-0.3, -0.25) is 4.79 Å². The van der Waals surface area contributed by atoms with Gasteiger partial charge in [-0.1, -0.05) is 97.6 Å². The molecule has 0 spiro atoms. The van der Waals surface area contributed by atoms with Crippen LogP contribution in [0.2, 0.25) is 0 Å². The minimum atomic E-state index is -0.801. The van der Waals surface area contributed by atoms with E-state index in [1.54, 1.807) is 0 Å². The average molecular weight is 340 g/mol. The monoisotopic (exact) mass is 340 g/mol. The van der Waals surface area contributed by atoms with E-state index < -0.39 is 5.41 Å². The van der Waals surface area contributed by atoms with Gasteiger partial charge in [0.05, 0.1) is 0 Å². The van der Waals surface area contributed by atoms with Crippen LogP contribution in [-0.2, 0) is 14.9 Å². The summed E-state index contributed by atoms with van der Waals surface area (Å²) in [5, 5.41) is 0. The van der Waals surface area contributed by atoms with E-state index in [9.17, 15) is 4.79 Å². The van der Waals surface area contributed by atoms with E-state index in [-0.39, 0.29) is 12.1 Å². The van der Waals surface area contributed by atoms with Crippen LogP contribution in [-0.4, -0.2) is 12.1 Å². The maximum Gasteiger partial charge on any atom is 0.321 e. The van der Waals surface area contributed by atoms with Crippen molar-refractivity contribution in [1.29, 1.82) is 0 Å². The molecule has 0 aliphatic carbocycles. The van der Waals surface area contributed by atoms with E-state index in [4.69, 9.17) is 4.74 Å². The summed E-state index contributed by atoms with van der Waals surface area (Å²) >= 11 is 0. The lowest BCUT2D eigenvalue weighted by Gasteiger charge is -2.26. The Bertz CT molecular complexity index is 875. The van der Waals surface area contributed by atoms with Gasteiger partial charge < -0.3 is 4.74 Å². The van der Waals surface area contributed by atoms with Crippen molar-refractivity contribution in [2.75, 3.05) is 0 Å². The smallest absolute Gasteiger partial charge is 0.321 e. The van der Waals surface area contributed by atoms with Crippen molar-refractivity contribution in [3.8, 4) is 0 Å². The fourth-order valence-electron chi connectivity index (χ4n) is 3.75. The summed E-state index contributed by atoms with van der Waals surface area (Å²) in [5.41, 5.74) is 2.96. The number of esters is 1. The summed E-state index contributed by atoms with van der Waals surface area (Å²) in [7, 11) is 0. The van der Waals surface area contributed by atoms with Gasteiger partial charge in [-0.05, 0) is 22.3 Å². The minimum Gasteiger partial charge on any atom is -0.457 e. The first-order valence-corrected chi connectivity index (χ1v) is 8.78. The van der Waals surface area contributed by atoms with Crippen LogP contribution in [0.3, 0.4) is 0 Å². The normalized spacial score (nSPS) is 18.3. The number of ether oxygens (including phenoxy) is 1. The molecule has 1 saturated heterocycles. The minimum absolute atomic E-state index is 0.211. The Morgan fingerprint density at radius 2 is 1.27 bits per heavy atom. The van der Waals surface area contributed by atoms with Crippen LogP contribution in [0.4, 0.5) is 0 Å². The first-order chi connectivity index (χ1) is 12.7. The molecule has 1 aliphatic rings. The van der Waals surface area contributed by atoms with Crippen LogP contribution in [0, 0.1) is 0 Å². The van der Waals surface area contributed by atoms with Gasteiger partial charge in [-0.25, -0.2) is 0 Å². The number of cyclic esters (lactones) is 1. The highest BCUT2D eigenvalue weighted by Crippen LogP contribution is 2.46. The van der Waals surface area contributed by atoms with Crippen molar-refractivity contribution in [3.05, 3.63) is 114 Å². The molecule has 2 heteroatoms. The van der Waals surface area contributed by atoms with Crippen molar-refractivity contribution in [2.45, 2.75) is 17.9 Å². The van der Waals surface area contributed by atoms with Gasteiger partial charge in [-0.15, -0.1) is 0 Å². The molecule has 0 bridgehead atoms. The second kappa shape index (κ2) is 6.64. The summed E-state index contributed by atoms with van der Waals surface area (Å²) in [5.74, 6) is -0.211. The topological polar surface area (TPSA) is 26.3 Å². The van der Waals surface area contributed by atoms with Gasteiger partial charge in [0, 0.05) is 6.42 Å². The van der Waals surface area contributed by atoms with E-state index in [0.29, 0.717) is 6.42 Å². The van der Waals surface area contributed by atoms with Crippen LogP contribution >= 0.6 is 0 Å². The SMILES string of the molecule is C=C(c1ccccc1)C1CC(c2ccccc2)(c2ccccc2)C(=O)O1. The number of hydrogen-bond acceptors (Lipinski definition) is 2. The Hall–Kier alpha value is -3.13. The first-order valence-electron chi connectivity index (χ1n) is 8.78. The lowest BCUT2D eigenvalue weighted by molar-refractivity contribution is -0.143. The Labute approximate surface area is 153 Å². The second-order valence-corrected chi connectivity index (χ2v) is 6.63. The molecule has 3 aromatic carbocycles. The van der Waals surface area contributed by atoms with Gasteiger partial charge in [0.15, 0.2) is 0 Å². The van der Waals surface area contributed by atoms with Crippen LogP contribution < -0.4 is 0 Å². The standard InChI is InChI=1S/C24H20O2/c1-18(19-11-5-2-6-12-19)22-17-24(23(25)26-22,20-13-7-3-8-14-20)21-15-9-4-10-16-21/h2-16,22H,1,17H2. The largest absolute Gasteiger partial charge is 0.457 e. The summed E-state index contributed by atoms with van der Waals surface area (Å²) in [6.45, 7) is 4.22.